The summed E-state index contributed by atoms with van der Waals surface area (Å²) in [4.78, 5) is 23.6. The van der Waals surface area contributed by atoms with Crippen LogP contribution < -0.4 is 5.73 Å². The van der Waals surface area contributed by atoms with E-state index in [0.717, 1.165) is 10.9 Å². The number of para-hydroxylation sites is 1. The van der Waals surface area contributed by atoms with Crippen LogP contribution in [-0.2, 0) is 6.54 Å². The van der Waals surface area contributed by atoms with Crippen molar-refractivity contribution in [2.45, 2.75) is 13.5 Å². The molecule has 110 valence electrons. The minimum atomic E-state index is -0.492. The van der Waals surface area contributed by atoms with Crippen LogP contribution in [0, 0.1) is 0 Å². The van der Waals surface area contributed by atoms with Crippen LogP contribution in [0.25, 0.3) is 10.9 Å². The van der Waals surface area contributed by atoms with Crippen molar-refractivity contribution < 1.29 is 9.59 Å². The van der Waals surface area contributed by atoms with E-state index in [-0.39, 0.29) is 5.78 Å². The number of hydrogen-bond acceptors (Lipinski definition) is 2. The summed E-state index contributed by atoms with van der Waals surface area (Å²) >= 11 is 0. The number of aromatic nitrogens is 1. The molecule has 0 saturated heterocycles. The van der Waals surface area contributed by atoms with E-state index < -0.39 is 5.91 Å². The number of Topliss-reactive ketones (excluding diaryl/α,β-unsaturated/α-hetero) is 1. The Morgan fingerprint density at radius 1 is 1.00 bits per heavy atom. The summed E-state index contributed by atoms with van der Waals surface area (Å²) in [5.41, 5.74) is 8.33. The highest BCUT2D eigenvalue weighted by molar-refractivity contribution is 6.12. The zero-order valence-corrected chi connectivity index (χ0v) is 12.2. The largest absolute Gasteiger partial charge is 0.366 e. The molecular formula is C18H16N2O2. The third-order valence-electron chi connectivity index (χ3n) is 3.74. The van der Waals surface area contributed by atoms with Gasteiger partial charge in [-0.1, -0.05) is 42.5 Å². The van der Waals surface area contributed by atoms with E-state index in [2.05, 4.69) is 0 Å². The van der Waals surface area contributed by atoms with E-state index >= 15 is 0 Å². The molecule has 2 N–H and O–H groups in total. The maximum atomic E-state index is 11.9. The van der Waals surface area contributed by atoms with E-state index in [1.54, 1.807) is 18.3 Å². The molecule has 0 fully saturated rings. The van der Waals surface area contributed by atoms with Crippen molar-refractivity contribution in [3.63, 3.8) is 0 Å². The first-order chi connectivity index (χ1) is 10.6. The zero-order chi connectivity index (χ0) is 15.7. The zero-order valence-electron chi connectivity index (χ0n) is 12.2. The minimum Gasteiger partial charge on any atom is -0.366 e. The average Bonchev–Trinajstić information content (AvgIpc) is 2.87. The molecular weight excluding hydrogens is 276 g/mol. The van der Waals surface area contributed by atoms with Gasteiger partial charge < -0.3 is 10.3 Å². The fourth-order valence-corrected chi connectivity index (χ4v) is 2.74. The van der Waals surface area contributed by atoms with Gasteiger partial charge in [-0.25, -0.2) is 0 Å². The molecule has 0 unspecified atom stereocenters. The lowest BCUT2D eigenvalue weighted by molar-refractivity contribution is 0.0997. The van der Waals surface area contributed by atoms with Crippen molar-refractivity contribution >= 4 is 22.6 Å². The number of carbonyl (C=O) groups is 2. The molecule has 0 radical (unpaired) electrons. The highest BCUT2D eigenvalue weighted by Crippen LogP contribution is 2.26. The molecule has 1 aromatic heterocycles. The Hall–Kier alpha value is -2.88. The first kappa shape index (κ1) is 14.1. The smallest absolute Gasteiger partial charge is 0.250 e. The van der Waals surface area contributed by atoms with Crippen molar-refractivity contribution in [3.8, 4) is 0 Å². The highest BCUT2D eigenvalue weighted by atomic mass is 16.1. The van der Waals surface area contributed by atoms with Gasteiger partial charge in [-0.3, -0.25) is 9.59 Å². The van der Waals surface area contributed by atoms with Gasteiger partial charge in [-0.15, -0.1) is 0 Å². The lowest BCUT2D eigenvalue weighted by Crippen LogP contribution is -2.13. The third kappa shape index (κ3) is 2.39. The van der Waals surface area contributed by atoms with E-state index in [1.807, 2.05) is 41.0 Å². The normalized spacial score (nSPS) is 10.8. The maximum absolute atomic E-state index is 11.9. The number of benzene rings is 2. The Morgan fingerprint density at radius 2 is 1.73 bits per heavy atom. The molecule has 0 atom stereocenters. The number of primary amides is 1. The van der Waals surface area contributed by atoms with Gasteiger partial charge >= 0.3 is 0 Å². The number of ketones is 1. The van der Waals surface area contributed by atoms with Crippen molar-refractivity contribution in [3.05, 3.63) is 71.4 Å². The molecule has 4 nitrogen and oxygen atoms in total. The molecule has 1 amide bonds. The summed E-state index contributed by atoms with van der Waals surface area (Å²) in [7, 11) is 0. The lowest BCUT2D eigenvalue weighted by Gasteiger charge is -2.08. The summed E-state index contributed by atoms with van der Waals surface area (Å²) in [6, 6.07) is 15.2. The Bertz CT molecular complexity index is 863. The Labute approximate surface area is 128 Å². The molecule has 22 heavy (non-hydrogen) atoms. The molecule has 0 spiro atoms. The first-order valence-corrected chi connectivity index (χ1v) is 7.04. The van der Waals surface area contributed by atoms with Crippen molar-refractivity contribution in [1.82, 2.24) is 4.57 Å². The monoisotopic (exact) mass is 292 g/mol. The van der Waals surface area contributed by atoms with Crippen molar-refractivity contribution in [1.29, 1.82) is 0 Å². The number of nitrogens with two attached hydrogens (primary N) is 1. The first-order valence-electron chi connectivity index (χ1n) is 7.04. The molecule has 0 aliphatic rings. The Kier molecular flexibility index (Phi) is 3.51. The third-order valence-corrected chi connectivity index (χ3v) is 3.74. The molecule has 0 bridgehead atoms. The molecule has 0 aliphatic carbocycles. The molecule has 3 aromatic rings. The highest BCUT2D eigenvalue weighted by Gasteiger charge is 2.17. The SMILES string of the molecule is CC(=O)c1cn(Cc2ccccc2)c2c(C(N)=O)cccc12. The lowest BCUT2D eigenvalue weighted by atomic mass is 10.1. The predicted octanol–water partition coefficient (Wildman–Crippen LogP) is 2.99. The standard InChI is InChI=1S/C18H16N2O2/c1-12(21)16-11-20(10-13-6-3-2-4-7-13)17-14(16)8-5-9-15(17)18(19)22/h2-9,11H,10H2,1H3,(H2,19,22). The predicted molar refractivity (Wildman–Crippen MR) is 86.0 cm³/mol. The van der Waals surface area contributed by atoms with Crippen molar-refractivity contribution in [2.75, 3.05) is 0 Å². The second-order valence-corrected chi connectivity index (χ2v) is 5.28. The molecule has 2 aromatic carbocycles. The molecule has 0 saturated carbocycles. The van der Waals surface area contributed by atoms with Crippen LogP contribution >= 0.6 is 0 Å². The number of nitrogens with zero attached hydrogens (tertiary/aromatic N) is 1. The second-order valence-electron chi connectivity index (χ2n) is 5.28. The van der Waals surface area contributed by atoms with E-state index in [1.165, 1.54) is 6.92 Å². The minimum absolute atomic E-state index is 0.0292. The number of carbonyl (C=O) groups excluding carboxylic acids is 2. The summed E-state index contributed by atoms with van der Waals surface area (Å²) < 4.78 is 1.92. The quantitative estimate of drug-likeness (QED) is 0.751. The van der Waals surface area contributed by atoms with Gasteiger partial charge in [0, 0.05) is 23.7 Å². The fourth-order valence-electron chi connectivity index (χ4n) is 2.74. The van der Waals surface area contributed by atoms with Crippen LogP contribution in [0.3, 0.4) is 0 Å². The Balaban J connectivity index is 2.24. The number of fused-ring (bicyclic) bond motifs is 1. The Morgan fingerprint density at radius 3 is 2.36 bits per heavy atom. The molecule has 4 heteroatoms. The summed E-state index contributed by atoms with van der Waals surface area (Å²) in [5, 5.41) is 0.764. The number of amides is 1. The van der Waals surface area contributed by atoms with Crippen LogP contribution in [0.2, 0.25) is 0 Å². The summed E-state index contributed by atoms with van der Waals surface area (Å²) in [6.07, 6.45) is 1.80. The van der Waals surface area contributed by atoms with E-state index in [9.17, 15) is 9.59 Å². The average molecular weight is 292 g/mol. The maximum Gasteiger partial charge on any atom is 0.250 e. The van der Waals surface area contributed by atoms with Crippen LogP contribution in [-0.4, -0.2) is 16.3 Å². The van der Waals surface area contributed by atoms with Gasteiger partial charge in [-0.05, 0) is 18.6 Å². The topological polar surface area (TPSA) is 65.1 Å². The van der Waals surface area contributed by atoms with Crippen LogP contribution in [0.15, 0.2) is 54.7 Å². The summed E-state index contributed by atoms with van der Waals surface area (Å²) in [5.74, 6) is -0.522. The summed E-state index contributed by atoms with van der Waals surface area (Å²) in [6.45, 7) is 2.10. The van der Waals surface area contributed by atoms with Crippen LogP contribution in [0.1, 0.15) is 33.2 Å². The number of hydrogen-bond donors (Lipinski definition) is 1. The van der Waals surface area contributed by atoms with Crippen LogP contribution in [0.4, 0.5) is 0 Å². The van der Waals surface area contributed by atoms with E-state index in [0.29, 0.717) is 23.2 Å². The van der Waals surface area contributed by atoms with Gasteiger partial charge in [0.15, 0.2) is 5.78 Å². The molecule has 0 aliphatic heterocycles. The van der Waals surface area contributed by atoms with Crippen LogP contribution in [0.5, 0.6) is 0 Å². The second kappa shape index (κ2) is 5.48. The van der Waals surface area contributed by atoms with Gasteiger partial charge in [0.2, 0.25) is 0 Å². The van der Waals surface area contributed by atoms with Gasteiger partial charge in [0.25, 0.3) is 5.91 Å². The molecule has 3 rings (SSSR count). The van der Waals surface area contributed by atoms with Crippen molar-refractivity contribution in [2.24, 2.45) is 5.73 Å². The van der Waals surface area contributed by atoms with E-state index in [4.69, 9.17) is 5.73 Å². The fraction of sp³-hybridized carbons (Fsp3) is 0.111. The molecule has 1 heterocycles. The van der Waals surface area contributed by atoms with Gasteiger partial charge in [0.05, 0.1) is 11.1 Å². The van der Waals surface area contributed by atoms with Gasteiger partial charge in [-0.2, -0.15) is 0 Å². The van der Waals surface area contributed by atoms with Gasteiger partial charge in [0.1, 0.15) is 0 Å². The number of rotatable bonds is 4.